The average Bonchev–Trinajstić information content (AvgIpc) is 2.75. The molecule has 3 nitrogen and oxygen atoms in total. The van der Waals surface area contributed by atoms with Crippen molar-refractivity contribution >= 4 is 11.6 Å². The van der Waals surface area contributed by atoms with E-state index in [0.717, 1.165) is 24.1 Å². The highest BCUT2D eigenvalue weighted by molar-refractivity contribution is 6.33. The topological polar surface area (TPSA) is 52.0 Å². The van der Waals surface area contributed by atoms with E-state index in [9.17, 15) is 0 Å². The van der Waals surface area contributed by atoms with Crippen LogP contribution >= 0.6 is 11.6 Å². The zero-order valence-electron chi connectivity index (χ0n) is 8.82. The lowest BCUT2D eigenvalue weighted by molar-refractivity contribution is 0.488. The van der Waals surface area contributed by atoms with Gasteiger partial charge in [-0.15, -0.1) is 0 Å². The second-order valence-corrected chi connectivity index (χ2v) is 3.91. The van der Waals surface area contributed by atoms with Gasteiger partial charge in [-0.3, -0.25) is 0 Å². The van der Waals surface area contributed by atoms with Crippen LogP contribution in [0, 0.1) is 0 Å². The molecule has 4 heteroatoms. The molecule has 0 bridgehead atoms. The summed E-state index contributed by atoms with van der Waals surface area (Å²) in [6.45, 7) is 0.643. The largest absolute Gasteiger partial charge is 0.448 e. The minimum atomic E-state index is 0.643. The van der Waals surface area contributed by atoms with E-state index in [1.54, 1.807) is 6.26 Å². The van der Waals surface area contributed by atoms with Crippen LogP contribution in [0.4, 0.5) is 0 Å². The maximum atomic E-state index is 6.07. The molecule has 0 fully saturated rings. The molecule has 0 unspecified atom stereocenters. The van der Waals surface area contributed by atoms with Crippen molar-refractivity contribution < 1.29 is 4.42 Å². The van der Waals surface area contributed by atoms with Gasteiger partial charge in [-0.05, 0) is 19.0 Å². The Morgan fingerprint density at radius 1 is 1.31 bits per heavy atom. The van der Waals surface area contributed by atoms with Gasteiger partial charge in [0.2, 0.25) is 0 Å². The van der Waals surface area contributed by atoms with Crippen molar-refractivity contribution in [1.29, 1.82) is 0 Å². The number of oxazole rings is 1. The van der Waals surface area contributed by atoms with Crippen molar-refractivity contribution in [3.8, 4) is 11.3 Å². The fourth-order valence-electron chi connectivity index (χ4n) is 1.47. The van der Waals surface area contributed by atoms with Gasteiger partial charge in [0.25, 0.3) is 0 Å². The van der Waals surface area contributed by atoms with E-state index in [-0.39, 0.29) is 0 Å². The zero-order valence-corrected chi connectivity index (χ0v) is 9.57. The fraction of sp³-hybridized carbons (Fsp3) is 0.250. The Labute approximate surface area is 99.2 Å². The van der Waals surface area contributed by atoms with Crippen LogP contribution in [0.1, 0.15) is 12.3 Å². The number of aryl methyl sites for hydroxylation is 1. The Hall–Kier alpha value is -1.32. The Balaban J connectivity index is 2.22. The highest BCUT2D eigenvalue weighted by Gasteiger charge is 2.08. The molecule has 0 saturated heterocycles. The SMILES string of the molecule is NCCCc1nc(-c2ccccc2Cl)co1. The molecule has 1 aromatic carbocycles. The molecule has 0 saturated carbocycles. The zero-order chi connectivity index (χ0) is 11.4. The van der Waals surface area contributed by atoms with E-state index in [0.29, 0.717) is 17.5 Å². The van der Waals surface area contributed by atoms with Crippen LogP contribution in [0.2, 0.25) is 5.02 Å². The van der Waals surface area contributed by atoms with Crippen molar-refractivity contribution in [3.63, 3.8) is 0 Å². The second-order valence-electron chi connectivity index (χ2n) is 3.50. The number of hydrogen-bond donors (Lipinski definition) is 1. The number of halogens is 1. The van der Waals surface area contributed by atoms with Crippen LogP contribution in [0.5, 0.6) is 0 Å². The number of rotatable bonds is 4. The first-order valence-electron chi connectivity index (χ1n) is 5.20. The van der Waals surface area contributed by atoms with Gasteiger partial charge in [-0.2, -0.15) is 0 Å². The minimum absolute atomic E-state index is 0.643. The Morgan fingerprint density at radius 3 is 2.88 bits per heavy atom. The standard InChI is InChI=1S/C12H13ClN2O/c13-10-5-2-1-4-9(10)11-8-16-12(15-11)6-3-7-14/h1-2,4-5,8H,3,6-7,14H2. The Bertz CT molecular complexity index is 468. The molecule has 0 aliphatic carbocycles. The molecule has 0 aliphatic heterocycles. The van der Waals surface area contributed by atoms with Gasteiger partial charge in [0.1, 0.15) is 12.0 Å². The van der Waals surface area contributed by atoms with Gasteiger partial charge >= 0.3 is 0 Å². The van der Waals surface area contributed by atoms with E-state index < -0.39 is 0 Å². The summed E-state index contributed by atoms with van der Waals surface area (Å²) in [5.74, 6) is 0.709. The van der Waals surface area contributed by atoms with Crippen LogP contribution in [-0.2, 0) is 6.42 Å². The third kappa shape index (κ3) is 2.43. The maximum Gasteiger partial charge on any atom is 0.194 e. The van der Waals surface area contributed by atoms with E-state index in [1.165, 1.54) is 0 Å². The minimum Gasteiger partial charge on any atom is -0.448 e. The Morgan fingerprint density at radius 2 is 2.12 bits per heavy atom. The summed E-state index contributed by atoms with van der Waals surface area (Å²) in [7, 11) is 0. The molecule has 1 aromatic heterocycles. The van der Waals surface area contributed by atoms with Crippen molar-refractivity contribution in [3.05, 3.63) is 41.4 Å². The van der Waals surface area contributed by atoms with Crippen LogP contribution in [-0.4, -0.2) is 11.5 Å². The monoisotopic (exact) mass is 236 g/mol. The van der Waals surface area contributed by atoms with Gasteiger partial charge in [-0.1, -0.05) is 29.8 Å². The summed E-state index contributed by atoms with van der Waals surface area (Å²) >= 11 is 6.07. The summed E-state index contributed by atoms with van der Waals surface area (Å²) in [5.41, 5.74) is 7.10. The number of aromatic nitrogens is 1. The quantitative estimate of drug-likeness (QED) is 0.888. The summed E-state index contributed by atoms with van der Waals surface area (Å²) in [4.78, 5) is 4.37. The first-order chi connectivity index (χ1) is 7.81. The highest BCUT2D eigenvalue weighted by atomic mass is 35.5. The van der Waals surface area contributed by atoms with E-state index in [4.69, 9.17) is 21.8 Å². The number of nitrogens with two attached hydrogens (primary N) is 1. The van der Waals surface area contributed by atoms with Gasteiger partial charge < -0.3 is 10.2 Å². The molecule has 0 amide bonds. The first kappa shape index (κ1) is 11.2. The van der Waals surface area contributed by atoms with Crippen molar-refractivity contribution in [2.24, 2.45) is 5.73 Å². The van der Waals surface area contributed by atoms with Crippen molar-refractivity contribution in [1.82, 2.24) is 4.98 Å². The number of nitrogens with zero attached hydrogens (tertiary/aromatic N) is 1. The smallest absolute Gasteiger partial charge is 0.194 e. The maximum absolute atomic E-state index is 6.07. The lowest BCUT2D eigenvalue weighted by atomic mass is 10.2. The summed E-state index contributed by atoms with van der Waals surface area (Å²) < 4.78 is 5.35. The highest BCUT2D eigenvalue weighted by Crippen LogP contribution is 2.26. The number of hydrogen-bond acceptors (Lipinski definition) is 3. The summed E-state index contributed by atoms with van der Waals surface area (Å²) in [6.07, 6.45) is 3.27. The molecular formula is C12H13ClN2O. The number of benzene rings is 1. The molecule has 1 heterocycles. The molecule has 0 atom stereocenters. The van der Waals surface area contributed by atoms with E-state index in [1.807, 2.05) is 24.3 Å². The van der Waals surface area contributed by atoms with E-state index >= 15 is 0 Å². The lowest BCUT2D eigenvalue weighted by Gasteiger charge is -1.97. The van der Waals surface area contributed by atoms with Crippen LogP contribution < -0.4 is 5.73 Å². The second kappa shape index (κ2) is 5.14. The summed E-state index contributed by atoms with van der Waals surface area (Å²) in [5, 5.41) is 0.682. The van der Waals surface area contributed by atoms with Gasteiger partial charge in [0.05, 0.1) is 5.02 Å². The normalized spacial score (nSPS) is 10.6. The molecule has 2 rings (SSSR count). The molecule has 16 heavy (non-hydrogen) atoms. The average molecular weight is 237 g/mol. The van der Waals surface area contributed by atoms with Gasteiger partial charge in [0.15, 0.2) is 5.89 Å². The van der Waals surface area contributed by atoms with Gasteiger partial charge in [0, 0.05) is 12.0 Å². The van der Waals surface area contributed by atoms with Crippen LogP contribution in [0.3, 0.4) is 0 Å². The molecule has 0 aliphatic rings. The first-order valence-corrected chi connectivity index (χ1v) is 5.58. The predicted molar refractivity (Wildman–Crippen MR) is 64.3 cm³/mol. The molecule has 0 spiro atoms. The summed E-state index contributed by atoms with van der Waals surface area (Å²) in [6, 6.07) is 7.58. The Kier molecular flexibility index (Phi) is 3.59. The molecule has 84 valence electrons. The lowest BCUT2D eigenvalue weighted by Crippen LogP contribution is -2.00. The van der Waals surface area contributed by atoms with Crippen molar-refractivity contribution in [2.45, 2.75) is 12.8 Å². The fourth-order valence-corrected chi connectivity index (χ4v) is 1.70. The van der Waals surface area contributed by atoms with Gasteiger partial charge in [-0.25, -0.2) is 4.98 Å². The molecular weight excluding hydrogens is 224 g/mol. The predicted octanol–water partition coefficient (Wildman–Crippen LogP) is 2.89. The van der Waals surface area contributed by atoms with Crippen LogP contribution in [0.15, 0.2) is 34.9 Å². The molecule has 0 radical (unpaired) electrons. The van der Waals surface area contributed by atoms with Crippen LogP contribution in [0.25, 0.3) is 11.3 Å². The third-order valence-electron chi connectivity index (χ3n) is 2.30. The third-order valence-corrected chi connectivity index (χ3v) is 2.63. The molecule has 2 N–H and O–H groups in total. The van der Waals surface area contributed by atoms with Crippen molar-refractivity contribution in [2.75, 3.05) is 6.54 Å². The molecule has 2 aromatic rings. The van der Waals surface area contributed by atoms with E-state index in [2.05, 4.69) is 4.98 Å².